The Morgan fingerprint density at radius 1 is 1.10 bits per heavy atom. The van der Waals surface area contributed by atoms with Crippen LogP contribution < -0.4 is 15.5 Å². The number of methoxy groups -OCH3 is 1. The fourth-order valence-electron chi connectivity index (χ4n) is 3.04. The lowest BCUT2D eigenvalue weighted by molar-refractivity contribution is -0.136. The van der Waals surface area contributed by atoms with Crippen molar-refractivity contribution in [3.63, 3.8) is 0 Å². The minimum atomic E-state index is -0.866. The van der Waals surface area contributed by atoms with Gasteiger partial charge in [0.2, 0.25) is 0 Å². The van der Waals surface area contributed by atoms with Crippen LogP contribution in [0.1, 0.15) is 17.0 Å². The van der Waals surface area contributed by atoms with Crippen molar-refractivity contribution in [2.24, 2.45) is 5.10 Å². The van der Waals surface area contributed by atoms with Crippen LogP contribution in [0.15, 0.2) is 58.1 Å². The molecule has 0 aliphatic carbocycles. The van der Waals surface area contributed by atoms with Crippen LogP contribution in [0.2, 0.25) is 5.02 Å². The second kappa shape index (κ2) is 9.80. The first kappa shape index (κ1) is 22.6. The van der Waals surface area contributed by atoms with Crippen LogP contribution in [-0.2, 0) is 9.59 Å². The predicted octanol–water partition coefficient (Wildman–Crippen LogP) is 4.61. The lowest BCUT2D eigenvalue weighted by atomic mass is 10.2. The summed E-state index contributed by atoms with van der Waals surface area (Å²) in [7, 11) is 1.56. The minimum Gasteiger partial charge on any atom is -0.495 e. The Labute approximate surface area is 193 Å². The molecule has 3 rings (SSSR count). The standard InChI is InChI=1S/C22H20BrClN4O3/c1-13-10-15(14(2)28(13)18-8-9-20(31-3)19(24)11-18)12-25-27-22(30)21(29)26-17-6-4-16(23)5-7-17/h4-12H,1-3H3,(H,26,29)(H,27,30)/b25-12-. The summed E-state index contributed by atoms with van der Waals surface area (Å²) in [4.78, 5) is 24.0. The fraction of sp³-hybridized carbons (Fsp3) is 0.136. The summed E-state index contributed by atoms with van der Waals surface area (Å²) < 4.78 is 8.08. The van der Waals surface area contributed by atoms with Crippen molar-refractivity contribution in [2.75, 3.05) is 12.4 Å². The van der Waals surface area contributed by atoms with E-state index >= 15 is 0 Å². The monoisotopic (exact) mass is 502 g/mol. The Balaban J connectivity index is 1.69. The van der Waals surface area contributed by atoms with Gasteiger partial charge in [-0.2, -0.15) is 5.10 Å². The largest absolute Gasteiger partial charge is 0.495 e. The summed E-state index contributed by atoms with van der Waals surface area (Å²) in [5, 5.41) is 6.93. The summed E-state index contributed by atoms with van der Waals surface area (Å²) in [6.45, 7) is 3.88. The predicted molar refractivity (Wildman–Crippen MR) is 125 cm³/mol. The normalized spacial score (nSPS) is 10.9. The summed E-state index contributed by atoms with van der Waals surface area (Å²) in [5.74, 6) is -1.08. The van der Waals surface area contributed by atoms with Crippen molar-refractivity contribution in [3.8, 4) is 11.4 Å². The zero-order chi connectivity index (χ0) is 22.5. The van der Waals surface area contributed by atoms with E-state index in [1.54, 1.807) is 37.4 Å². The third kappa shape index (κ3) is 5.34. The fourth-order valence-corrected chi connectivity index (χ4v) is 3.56. The highest BCUT2D eigenvalue weighted by molar-refractivity contribution is 9.10. The summed E-state index contributed by atoms with van der Waals surface area (Å²) in [6.07, 6.45) is 1.49. The summed E-state index contributed by atoms with van der Waals surface area (Å²) in [5.41, 5.74) is 6.27. The van der Waals surface area contributed by atoms with E-state index in [-0.39, 0.29) is 0 Å². The number of hydrogen-bond acceptors (Lipinski definition) is 4. The van der Waals surface area contributed by atoms with Gasteiger partial charge in [0.05, 0.1) is 18.3 Å². The highest BCUT2D eigenvalue weighted by atomic mass is 79.9. The van der Waals surface area contributed by atoms with Gasteiger partial charge < -0.3 is 14.6 Å². The van der Waals surface area contributed by atoms with E-state index < -0.39 is 11.8 Å². The van der Waals surface area contributed by atoms with Gasteiger partial charge in [-0.25, -0.2) is 5.43 Å². The maximum absolute atomic E-state index is 12.0. The van der Waals surface area contributed by atoms with Gasteiger partial charge in [0.25, 0.3) is 0 Å². The number of anilines is 1. The van der Waals surface area contributed by atoms with Crippen molar-refractivity contribution < 1.29 is 14.3 Å². The molecule has 0 saturated carbocycles. The number of halogens is 2. The average molecular weight is 504 g/mol. The molecule has 1 aromatic heterocycles. The van der Waals surface area contributed by atoms with Gasteiger partial charge in [-0.1, -0.05) is 27.5 Å². The van der Waals surface area contributed by atoms with Gasteiger partial charge in [0, 0.05) is 32.8 Å². The molecular formula is C22H20BrClN4O3. The van der Waals surface area contributed by atoms with Crippen molar-refractivity contribution in [3.05, 3.63) is 75.0 Å². The molecule has 0 radical (unpaired) electrons. The zero-order valence-corrected chi connectivity index (χ0v) is 19.4. The maximum Gasteiger partial charge on any atom is 0.329 e. The molecule has 0 spiro atoms. The Kier molecular flexibility index (Phi) is 7.14. The Hall–Kier alpha value is -3.10. The number of nitrogens with one attached hydrogen (secondary N) is 2. The number of rotatable bonds is 5. The molecule has 7 nitrogen and oxygen atoms in total. The first-order valence-corrected chi connectivity index (χ1v) is 10.4. The van der Waals surface area contributed by atoms with Crippen molar-refractivity contribution in [1.82, 2.24) is 9.99 Å². The molecule has 0 saturated heterocycles. The van der Waals surface area contributed by atoms with E-state index in [2.05, 4.69) is 31.8 Å². The minimum absolute atomic E-state index is 0.506. The Bertz CT molecular complexity index is 1160. The van der Waals surface area contributed by atoms with Gasteiger partial charge in [-0.05, 0) is 62.4 Å². The van der Waals surface area contributed by atoms with Crippen LogP contribution in [0, 0.1) is 13.8 Å². The molecule has 0 aliphatic heterocycles. The van der Waals surface area contributed by atoms with Crippen molar-refractivity contribution in [2.45, 2.75) is 13.8 Å². The number of hydrogen-bond donors (Lipinski definition) is 2. The average Bonchev–Trinajstić information content (AvgIpc) is 3.02. The molecular weight excluding hydrogens is 484 g/mol. The van der Waals surface area contributed by atoms with Crippen LogP contribution in [0.25, 0.3) is 5.69 Å². The van der Waals surface area contributed by atoms with Crippen molar-refractivity contribution in [1.29, 1.82) is 0 Å². The molecule has 0 unspecified atom stereocenters. The maximum atomic E-state index is 12.0. The molecule has 2 amide bonds. The number of aryl methyl sites for hydroxylation is 1. The highest BCUT2D eigenvalue weighted by Crippen LogP contribution is 2.29. The van der Waals surface area contributed by atoms with Gasteiger partial charge >= 0.3 is 11.8 Å². The second-order valence-electron chi connectivity index (χ2n) is 6.64. The van der Waals surface area contributed by atoms with E-state index in [1.165, 1.54) is 6.21 Å². The lowest BCUT2D eigenvalue weighted by Gasteiger charge is -2.11. The quantitative estimate of drug-likeness (QED) is 0.303. The second-order valence-corrected chi connectivity index (χ2v) is 7.96. The van der Waals surface area contributed by atoms with Crippen LogP contribution in [0.3, 0.4) is 0 Å². The first-order valence-electron chi connectivity index (χ1n) is 9.23. The molecule has 1 heterocycles. The molecule has 3 aromatic rings. The van der Waals surface area contributed by atoms with E-state index in [1.807, 2.05) is 36.6 Å². The first-order chi connectivity index (χ1) is 14.8. The topological polar surface area (TPSA) is 84.7 Å². The Morgan fingerprint density at radius 2 is 1.81 bits per heavy atom. The van der Waals surface area contributed by atoms with Crippen LogP contribution in [-0.4, -0.2) is 29.7 Å². The Morgan fingerprint density at radius 3 is 2.45 bits per heavy atom. The zero-order valence-electron chi connectivity index (χ0n) is 17.1. The number of nitrogens with zero attached hydrogens (tertiary/aromatic N) is 2. The summed E-state index contributed by atoms with van der Waals surface area (Å²) in [6, 6.07) is 14.3. The highest BCUT2D eigenvalue weighted by Gasteiger charge is 2.14. The smallest absolute Gasteiger partial charge is 0.329 e. The molecule has 9 heteroatoms. The number of benzene rings is 2. The number of amides is 2. The van der Waals surface area contributed by atoms with Gasteiger partial charge in [0.15, 0.2) is 0 Å². The van der Waals surface area contributed by atoms with E-state index in [0.29, 0.717) is 16.5 Å². The number of aromatic nitrogens is 1. The molecule has 160 valence electrons. The van der Waals surface area contributed by atoms with Crippen LogP contribution in [0.5, 0.6) is 5.75 Å². The van der Waals surface area contributed by atoms with Gasteiger partial charge in [-0.15, -0.1) is 0 Å². The number of ether oxygens (including phenoxy) is 1. The van der Waals surface area contributed by atoms with Gasteiger partial charge in [-0.3, -0.25) is 9.59 Å². The van der Waals surface area contributed by atoms with E-state index in [9.17, 15) is 9.59 Å². The number of carbonyl (C=O) groups excluding carboxylic acids is 2. The molecule has 0 aliphatic rings. The van der Waals surface area contributed by atoms with E-state index in [0.717, 1.165) is 27.1 Å². The van der Waals surface area contributed by atoms with Crippen LogP contribution >= 0.6 is 27.5 Å². The third-order valence-electron chi connectivity index (χ3n) is 4.54. The lowest BCUT2D eigenvalue weighted by Crippen LogP contribution is -2.32. The molecule has 2 N–H and O–H groups in total. The van der Waals surface area contributed by atoms with Crippen molar-refractivity contribution >= 4 is 51.2 Å². The summed E-state index contributed by atoms with van der Waals surface area (Å²) >= 11 is 9.56. The molecule has 31 heavy (non-hydrogen) atoms. The third-order valence-corrected chi connectivity index (χ3v) is 5.37. The number of hydrazone groups is 1. The molecule has 2 aromatic carbocycles. The van der Waals surface area contributed by atoms with E-state index in [4.69, 9.17) is 16.3 Å². The molecule has 0 bridgehead atoms. The van der Waals surface area contributed by atoms with Gasteiger partial charge in [0.1, 0.15) is 5.75 Å². The molecule has 0 fully saturated rings. The number of carbonyl (C=O) groups is 2. The SMILES string of the molecule is COc1ccc(-n2c(C)cc(/C=N\NC(=O)C(=O)Nc3ccc(Br)cc3)c2C)cc1Cl. The molecule has 0 atom stereocenters. The van der Waals surface area contributed by atoms with Crippen LogP contribution in [0.4, 0.5) is 5.69 Å².